The highest BCUT2D eigenvalue weighted by Crippen LogP contribution is 2.46. The number of phenolic OH excluding ortho intramolecular Hbond substituents is 3. The number of unbranched alkanes of at least 4 members (excludes halogenated alkanes) is 12. The Morgan fingerprint density at radius 3 is 1.95 bits per heavy atom. The third kappa shape index (κ3) is 12.4. The van der Waals surface area contributed by atoms with Crippen molar-refractivity contribution in [2.24, 2.45) is 0 Å². The SMILES string of the molecule is CCCCCCCCCCCCCCCC(=O)NCCO.COc1cc([C@H]2Oc3cc([C@H]4Oc5cc(O)cc(O)c5C(=O)[C@@H]4O)ccc3O[C@@H]2CO)ccc1O. The molecule has 0 aromatic heterocycles. The van der Waals surface area contributed by atoms with Gasteiger partial charge in [-0.1, -0.05) is 96.1 Å². The number of ketones is 1. The average Bonchev–Trinajstić information content (AvgIpc) is 3.19. The first kappa shape index (κ1) is 44.0. The Balaban J connectivity index is 0.000000287. The number of aromatic hydroxyl groups is 3. The molecule has 0 spiro atoms. The second-order valence-corrected chi connectivity index (χ2v) is 14.3. The summed E-state index contributed by atoms with van der Waals surface area (Å²) >= 11 is 0. The molecule has 3 aromatic carbocycles. The predicted octanol–water partition coefficient (Wildman–Crippen LogP) is 6.94. The number of nitrogens with one attached hydrogen (secondary N) is 1. The zero-order valence-corrected chi connectivity index (χ0v) is 32.6. The number of phenols is 3. The smallest absolute Gasteiger partial charge is 0.220 e. The maximum atomic E-state index is 12.7. The largest absolute Gasteiger partial charge is 0.508 e. The van der Waals surface area contributed by atoms with E-state index in [1.165, 1.54) is 89.9 Å². The van der Waals surface area contributed by atoms with Crippen LogP contribution < -0.4 is 24.3 Å². The second-order valence-electron chi connectivity index (χ2n) is 14.3. The molecule has 7 N–H and O–H groups in total. The van der Waals surface area contributed by atoms with Gasteiger partial charge in [0.1, 0.15) is 22.8 Å². The first-order chi connectivity index (χ1) is 27.1. The second kappa shape index (κ2) is 22.7. The molecular weight excluding hydrogens is 722 g/mol. The number of aliphatic hydroxyl groups excluding tert-OH is 3. The van der Waals surface area contributed by atoms with Crippen molar-refractivity contribution in [2.45, 2.75) is 121 Å². The van der Waals surface area contributed by atoms with E-state index in [1.54, 1.807) is 30.3 Å². The Bertz CT molecular complexity index is 1700. The van der Waals surface area contributed by atoms with E-state index in [-0.39, 0.29) is 53.4 Å². The fourth-order valence-electron chi connectivity index (χ4n) is 6.87. The van der Waals surface area contributed by atoms with Gasteiger partial charge in [-0.15, -0.1) is 0 Å². The summed E-state index contributed by atoms with van der Waals surface area (Å²) in [6, 6.07) is 11.5. The van der Waals surface area contributed by atoms with Gasteiger partial charge in [-0.2, -0.15) is 0 Å². The van der Waals surface area contributed by atoms with E-state index < -0.39 is 35.9 Å². The summed E-state index contributed by atoms with van der Waals surface area (Å²) in [4.78, 5) is 24.0. The van der Waals surface area contributed by atoms with E-state index in [4.69, 9.17) is 24.1 Å². The van der Waals surface area contributed by atoms with Crippen LogP contribution in [-0.4, -0.2) is 81.4 Å². The highest BCUT2D eigenvalue weighted by molar-refractivity contribution is 6.05. The molecule has 4 atom stereocenters. The molecule has 5 rings (SSSR count). The number of carbonyl (C=O) groups is 2. The molecular formula is C43H59NO12. The van der Waals surface area contributed by atoms with Gasteiger partial charge in [0.15, 0.2) is 47.4 Å². The minimum atomic E-state index is -1.62. The molecule has 0 radical (unpaired) electrons. The third-order valence-corrected chi connectivity index (χ3v) is 9.94. The van der Waals surface area contributed by atoms with E-state index in [9.17, 15) is 35.1 Å². The van der Waals surface area contributed by atoms with E-state index in [1.807, 2.05) is 0 Å². The zero-order valence-electron chi connectivity index (χ0n) is 32.6. The van der Waals surface area contributed by atoms with Crippen molar-refractivity contribution >= 4 is 11.7 Å². The quantitative estimate of drug-likeness (QED) is 0.0583. The van der Waals surface area contributed by atoms with Crippen LogP contribution in [0.4, 0.5) is 0 Å². The van der Waals surface area contributed by atoms with Gasteiger partial charge < -0.3 is 54.9 Å². The van der Waals surface area contributed by atoms with Crippen LogP contribution in [-0.2, 0) is 4.79 Å². The minimum Gasteiger partial charge on any atom is -0.508 e. The van der Waals surface area contributed by atoms with Crippen LogP contribution in [0.1, 0.15) is 131 Å². The topological polar surface area (TPSA) is 204 Å². The van der Waals surface area contributed by atoms with E-state index in [0.717, 1.165) is 18.9 Å². The summed E-state index contributed by atoms with van der Waals surface area (Å²) in [5.74, 6) is -0.747. The number of Topliss-reactive ketones (excluding diaryl/α,β-unsaturated/α-hetero) is 1. The van der Waals surface area contributed by atoms with E-state index >= 15 is 0 Å². The Labute approximate surface area is 329 Å². The third-order valence-electron chi connectivity index (χ3n) is 9.94. The van der Waals surface area contributed by atoms with Gasteiger partial charge in [0.2, 0.25) is 11.7 Å². The Kier molecular flexibility index (Phi) is 17.9. The highest BCUT2D eigenvalue weighted by atomic mass is 16.6. The lowest BCUT2D eigenvalue weighted by Crippen LogP contribution is -2.37. The lowest BCUT2D eigenvalue weighted by Gasteiger charge is -2.35. The van der Waals surface area contributed by atoms with E-state index in [0.29, 0.717) is 29.8 Å². The molecule has 3 aromatic rings. The van der Waals surface area contributed by atoms with Crippen molar-refractivity contribution < 1.29 is 59.2 Å². The maximum Gasteiger partial charge on any atom is 0.220 e. The molecule has 13 nitrogen and oxygen atoms in total. The number of ether oxygens (including phenoxy) is 4. The summed E-state index contributed by atoms with van der Waals surface area (Å²) < 4.78 is 23.0. The summed E-state index contributed by atoms with van der Waals surface area (Å²) in [6.45, 7) is 2.33. The molecule has 1 amide bonds. The molecule has 0 fully saturated rings. The number of aliphatic hydroxyl groups is 3. The van der Waals surface area contributed by atoms with Gasteiger partial charge in [0.05, 0.1) is 20.3 Å². The van der Waals surface area contributed by atoms with Gasteiger partial charge in [-0.05, 0) is 36.2 Å². The molecule has 308 valence electrons. The number of rotatable bonds is 20. The molecule has 13 heteroatoms. The van der Waals surface area contributed by atoms with Gasteiger partial charge in [0, 0.05) is 30.7 Å². The van der Waals surface area contributed by atoms with Crippen molar-refractivity contribution in [3.8, 4) is 40.2 Å². The fourth-order valence-corrected chi connectivity index (χ4v) is 6.87. The minimum absolute atomic E-state index is 0.0321. The van der Waals surface area contributed by atoms with Crippen LogP contribution in [0.5, 0.6) is 40.2 Å². The zero-order chi connectivity index (χ0) is 40.5. The Morgan fingerprint density at radius 1 is 0.714 bits per heavy atom. The van der Waals surface area contributed by atoms with Crippen LogP contribution in [0.15, 0.2) is 48.5 Å². The number of hydrogen-bond acceptors (Lipinski definition) is 12. The summed E-state index contributed by atoms with van der Waals surface area (Å²) in [5, 5.41) is 61.5. The van der Waals surface area contributed by atoms with E-state index in [2.05, 4.69) is 12.2 Å². The van der Waals surface area contributed by atoms with Gasteiger partial charge >= 0.3 is 0 Å². The number of hydrogen-bond donors (Lipinski definition) is 7. The first-order valence-corrected chi connectivity index (χ1v) is 19.9. The van der Waals surface area contributed by atoms with Crippen LogP contribution in [0, 0.1) is 0 Å². The highest BCUT2D eigenvalue weighted by Gasteiger charge is 2.40. The monoisotopic (exact) mass is 781 g/mol. The summed E-state index contributed by atoms with van der Waals surface area (Å²) in [7, 11) is 1.41. The molecule has 2 aliphatic heterocycles. The summed E-state index contributed by atoms with van der Waals surface area (Å²) in [6.07, 6.45) is 13.6. The van der Waals surface area contributed by atoms with Crippen molar-refractivity contribution in [1.82, 2.24) is 5.32 Å². The molecule has 2 aliphatic rings. The normalized spacial score (nSPS) is 18.3. The molecule has 0 aliphatic carbocycles. The van der Waals surface area contributed by atoms with Crippen LogP contribution in [0.3, 0.4) is 0 Å². The summed E-state index contributed by atoms with van der Waals surface area (Å²) in [5.41, 5.74) is 0.751. The number of methoxy groups -OCH3 is 1. The predicted molar refractivity (Wildman–Crippen MR) is 210 cm³/mol. The van der Waals surface area contributed by atoms with Gasteiger partial charge in [-0.3, -0.25) is 9.59 Å². The first-order valence-electron chi connectivity index (χ1n) is 19.9. The van der Waals surface area contributed by atoms with Crippen molar-refractivity contribution in [1.29, 1.82) is 0 Å². The molecule has 0 saturated heterocycles. The fraction of sp³-hybridized carbons (Fsp3) is 0.535. The molecule has 0 saturated carbocycles. The van der Waals surface area contributed by atoms with Crippen LogP contribution in [0.25, 0.3) is 0 Å². The Hall–Kier alpha value is -4.72. The maximum absolute atomic E-state index is 12.7. The van der Waals surface area contributed by atoms with Crippen LogP contribution >= 0.6 is 0 Å². The number of fused-ring (bicyclic) bond motifs is 2. The molecule has 0 unspecified atom stereocenters. The van der Waals surface area contributed by atoms with Gasteiger partial charge in [-0.25, -0.2) is 0 Å². The van der Waals surface area contributed by atoms with Gasteiger partial charge in [0.25, 0.3) is 0 Å². The number of benzene rings is 3. The number of carbonyl (C=O) groups excluding carboxylic acids is 2. The number of amides is 1. The van der Waals surface area contributed by atoms with Crippen molar-refractivity contribution in [2.75, 3.05) is 26.9 Å². The Morgan fingerprint density at radius 2 is 1.32 bits per heavy atom. The lowest BCUT2D eigenvalue weighted by atomic mass is 9.92. The molecule has 56 heavy (non-hydrogen) atoms. The lowest BCUT2D eigenvalue weighted by molar-refractivity contribution is -0.121. The average molecular weight is 782 g/mol. The van der Waals surface area contributed by atoms with Crippen LogP contribution in [0.2, 0.25) is 0 Å². The standard InChI is InChI=1S/C25H22O10.C18H37NO2/c1-32-17-6-11(2-4-14(17)28)24-20(10-26)33-16-5-3-12(7-18(16)34-24)25-23(31)22(30)21-15(29)8-13(27)9-19(21)35-25;1-2-3-4-5-6-7-8-9-10-11-12-13-14-15-18(21)19-16-17-20/h2-9,20,23-29,31H,10H2,1H3;20H,2-17H2,1H3,(H,19,21)/t20-,23+,24-,25-;/m1./s1. The van der Waals surface area contributed by atoms with Crippen molar-refractivity contribution in [3.63, 3.8) is 0 Å². The molecule has 2 heterocycles. The van der Waals surface area contributed by atoms with Crippen molar-refractivity contribution in [3.05, 3.63) is 65.2 Å². The molecule has 0 bridgehead atoms.